The Labute approximate surface area is 108 Å². The molecule has 96 valence electrons. The van der Waals surface area contributed by atoms with Gasteiger partial charge in [0.1, 0.15) is 0 Å². The summed E-state index contributed by atoms with van der Waals surface area (Å²) in [6.07, 6.45) is 5.34. The number of hydrogen-bond donors (Lipinski definition) is 3. The minimum atomic E-state index is 0.550. The summed E-state index contributed by atoms with van der Waals surface area (Å²) in [5.74, 6) is 0.631. The summed E-state index contributed by atoms with van der Waals surface area (Å²) in [7, 11) is 0. The van der Waals surface area contributed by atoms with Crippen molar-refractivity contribution in [2.75, 3.05) is 0 Å². The molecule has 0 aliphatic carbocycles. The van der Waals surface area contributed by atoms with Crippen molar-refractivity contribution in [1.82, 2.24) is 41.1 Å². The molecule has 0 fully saturated rings. The molecule has 0 spiro atoms. The van der Waals surface area contributed by atoms with Crippen molar-refractivity contribution in [2.24, 2.45) is 0 Å². The van der Waals surface area contributed by atoms with Gasteiger partial charge in [0, 0.05) is 30.1 Å². The third-order valence-electron chi connectivity index (χ3n) is 2.66. The molecule has 0 aliphatic rings. The van der Waals surface area contributed by atoms with Crippen molar-refractivity contribution >= 4 is 0 Å². The SMILES string of the molecule is c1cncc(-c2[nH]ncc2CNCc2nn[nH]n2)c1. The number of rotatable bonds is 5. The Hall–Kier alpha value is -2.61. The number of pyridine rings is 1. The fourth-order valence-corrected chi connectivity index (χ4v) is 1.77. The lowest BCUT2D eigenvalue weighted by atomic mass is 10.1. The number of nitrogens with one attached hydrogen (secondary N) is 3. The van der Waals surface area contributed by atoms with E-state index in [0.717, 1.165) is 16.8 Å². The first kappa shape index (κ1) is 11.5. The zero-order valence-electron chi connectivity index (χ0n) is 10.0. The smallest absolute Gasteiger partial charge is 0.188 e. The number of aromatic amines is 2. The van der Waals surface area contributed by atoms with Crippen LogP contribution in [0, 0.1) is 0 Å². The van der Waals surface area contributed by atoms with Crippen LogP contribution in [0.2, 0.25) is 0 Å². The van der Waals surface area contributed by atoms with Crippen LogP contribution in [0.1, 0.15) is 11.4 Å². The highest BCUT2D eigenvalue weighted by Crippen LogP contribution is 2.19. The highest BCUT2D eigenvalue weighted by atomic mass is 15.5. The zero-order chi connectivity index (χ0) is 12.9. The van der Waals surface area contributed by atoms with Crippen LogP contribution in [0.3, 0.4) is 0 Å². The lowest BCUT2D eigenvalue weighted by Crippen LogP contribution is -2.14. The summed E-state index contributed by atoms with van der Waals surface area (Å²) in [6, 6.07) is 3.88. The summed E-state index contributed by atoms with van der Waals surface area (Å²) in [5, 5.41) is 24.0. The van der Waals surface area contributed by atoms with E-state index >= 15 is 0 Å². The number of hydrogen-bond acceptors (Lipinski definition) is 6. The van der Waals surface area contributed by atoms with Gasteiger partial charge in [0.15, 0.2) is 5.82 Å². The predicted octanol–water partition coefficient (Wildman–Crippen LogP) is 0.275. The number of tetrazole rings is 1. The maximum absolute atomic E-state index is 4.10. The highest BCUT2D eigenvalue weighted by Gasteiger charge is 2.07. The Morgan fingerprint density at radius 2 is 2.21 bits per heavy atom. The predicted molar refractivity (Wildman–Crippen MR) is 66.5 cm³/mol. The first-order valence-electron chi connectivity index (χ1n) is 5.79. The molecule has 8 heteroatoms. The molecule has 3 N–H and O–H groups in total. The molecule has 0 bridgehead atoms. The van der Waals surface area contributed by atoms with E-state index in [9.17, 15) is 0 Å². The lowest BCUT2D eigenvalue weighted by molar-refractivity contribution is 0.664. The molecule has 3 aromatic heterocycles. The van der Waals surface area contributed by atoms with Crippen LogP contribution in [0.4, 0.5) is 0 Å². The van der Waals surface area contributed by atoms with Crippen molar-refractivity contribution < 1.29 is 0 Å². The van der Waals surface area contributed by atoms with Crippen molar-refractivity contribution in [1.29, 1.82) is 0 Å². The van der Waals surface area contributed by atoms with Gasteiger partial charge in [0.25, 0.3) is 0 Å². The quantitative estimate of drug-likeness (QED) is 0.605. The van der Waals surface area contributed by atoms with Crippen LogP contribution >= 0.6 is 0 Å². The standard InChI is InChI=1S/C11H12N8/c1-2-8(4-12-3-1)11-9(6-14-17-11)5-13-7-10-15-18-19-16-10/h1-4,6,13H,5,7H2,(H,14,17)(H,15,16,18,19). The van der Waals surface area contributed by atoms with E-state index in [2.05, 4.69) is 41.1 Å². The summed E-state index contributed by atoms with van der Waals surface area (Å²) >= 11 is 0. The molecule has 0 radical (unpaired) electrons. The normalized spacial score (nSPS) is 10.7. The van der Waals surface area contributed by atoms with Gasteiger partial charge in [-0.25, -0.2) is 0 Å². The second-order valence-electron chi connectivity index (χ2n) is 3.94. The third kappa shape index (κ3) is 2.63. The lowest BCUT2D eigenvalue weighted by Gasteiger charge is -2.03. The van der Waals surface area contributed by atoms with E-state index < -0.39 is 0 Å². The van der Waals surface area contributed by atoms with Gasteiger partial charge in [-0.05, 0) is 12.1 Å². The Bertz CT molecular complexity index is 615. The second-order valence-corrected chi connectivity index (χ2v) is 3.94. The molecule has 0 saturated carbocycles. The average Bonchev–Trinajstić information content (AvgIpc) is 3.11. The molecule has 3 rings (SSSR count). The van der Waals surface area contributed by atoms with Crippen molar-refractivity contribution in [3.8, 4) is 11.3 Å². The average molecular weight is 256 g/mol. The maximum Gasteiger partial charge on any atom is 0.188 e. The topological polar surface area (TPSA) is 108 Å². The van der Waals surface area contributed by atoms with Crippen molar-refractivity contribution in [3.05, 3.63) is 42.1 Å². The van der Waals surface area contributed by atoms with E-state index in [1.54, 1.807) is 18.6 Å². The molecule has 3 heterocycles. The first-order valence-corrected chi connectivity index (χ1v) is 5.79. The monoisotopic (exact) mass is 256 g/mol. The zero-order valence-corrected chi connectivity index (χ0v) is 10.0. The summed E-state index contributed by atoms with van der Waals surface area (Å²) < 4.78 is 0. The van der Waals surface area contributed by atoms with E-state index in [1.165, 1.54) is 0 Å². The Morgan fingerprint density at radius 3 is 3.00 bits per heavy atom. The molecule has 3 aromatic rings. The number of H-pyrrole nitrogens is 2. The van der Waals surface area contributed by atoms with E-state index in [-0.39, 0.29) is 0 Å². The van der Waals surface area contributed by atoms with Crippen molar-refractivity contribution in [3.63, 3.8) is 0 Å². The van der Waals surface area contributed by atoms with Gasteiger partial charge in [-0.3, -0.25) is 10.1 Å². The van der Waals surface area contributed by atoms with Crippen LogP contribution in [-0.4, -0.2) is 35.8 Å². The molecule has 8 nitrogen and oxygen atoms in total. The summed E-state index contributed by atoms with van der Waals surface area (Å²) in [5.41, 5.74) is 3.04. The van der Waals surface area contributed by atoms with E-state index in [1.807, 2.05) is 12.1 Å². The largest absolute Gasteiger partial charge is 0.305 e. The molecule has 0 atom stereocenters. The minimum Gasteiger partial charge on any atom is -0.305 e. The fraction of sp³-hybridized carbons (Fsp3) is 0.182. The first-order chi connectivity index (χ1) is 9.43. The highest BCUT2D eigenvalue weighted by molar-refractivity contribution is 5.61. The number of nitrogens with zero attached hydrogens (tertiary/aromatic N) is 5. The third-order valence-corrected chi connectivity index (χ3v) is 2.66. The van der Waals surface area contributed by atoms with Crippen LogP contribution < -0.4 is 5.32 Å². The minimum absolute atomic E-state index is 0.550. The van der Waals surface area contributed by atoms with Gasteiger partial charge in [-0.15, -0.1) is 10.2 Å². The molecule has 0 amide bonds. The Morgan fingerprint density at radius 1 is 1.21 bits per heavy atom. The van der Waals surface area contributed by atoms with Crippen LogP contribution in [0.5, 0.6) is 0 Å². The van der Waals surface area contributed by atoms with Gasteiger partial charge >= 0.3 is 0 Å². The molecular formula is C11H12N8. The summed E-state index contributed by atoms with van der Waals surface area (Å²) in [4.78, 5) is 4.10. The van der Waals surface area contributed by atoms with Gasteiger partial charge in [0.05, 0.1) is 18.4 Å². The Balaban J connectivity index is 1.67. The number of aromatic nitrogens is 7. The van der Waals surface area contributed by atoms with E-state index in [4.69, 9.17) is 0 Å². The fourth-order valence-electron chi connectivity index (χ4n) is 1.77. The molecule has 0 unspecified atom stereocenters. The van der Waals surface area contributed by atoms with Crippen molar-refractivity contribution in [2.45, 2.75) is 13.1 Å². The van der Waals surface area contributed by atoms with Crippen LogP contribution in [0.15, 0.2) is 30.7 Å². The molecule has 19 heavy (non-hydrogen) atoms. The van der Waals surface area contributed by atoms with Gasteiger partial charge in [0.2, 0.25) is 0 Å². The van der Waals surface area contributed by atoms with E-state index in [0.29, 0.717) is 18.9 Å². The molecule has 0 saturated heterocycles. The summed E-state index contributed by atoms with van der Waals surface area (Å²) in [6.45, 7) is 1.21. The maximum atomic E-state index is 4.10. The molecule has 0 aliphatic heterocycles. The van der Waals surface area contributed by atoms with Gasteiger partial charge < -0.3 is 5.32 Å². The van der Waals surface area contributed by atoms with Crippen LogP contribution in [0.25, 0.3) is 11.3 Å². The molecule has 0 aromatic carbocycles. The van der Waals surface area contributed by atoms with Gasteiger partial charge in [-0.2, -0.15) is 10.3 Å². The molecular weight excluding hydrogens is 244 g/mol. The Kier molecular flexibility index (Phi) is 3.24. The second kappa shape index (κ2) is 5.36. The van der Waals surface area contributed by atoms with Crippen LogP contribution in [-0.2, 0) is 13.1 Å². The van der Waals surface area contributed by atoms with Gasteiger partial charge in [-0.1, -0.05) is 5.21 Å².